The van der Waals surface area contributed by atoms with Gasteiger partial charge in [0.25, 0.3) is 5.69 Å². The second-order valence-corrected chi connectivity index (χ2v) is 3.43. The standard InChI is InChI=1S/C11H12N4O2/c1-8(12-2)13-11-10(15(16)17-14-11)9-6-4-3-5-7-9/h3-7H,1-2H3,(H,12,13,14). The van der Waals surface area contributed by atoms with Gasteiger partial charge in [0.05, 0.1) is 5.16 Å². The van der Waals surface area contributed by atoms with E-state index in [1.54, 1.807) is 14.0 Å². The molecule has 2 rings (SSSR count). The fourth-order valence-electron chi connectivity index (χ4n) is 1.40. The Labute approximate surface area is 98.1 Å². The largest absolute Gasteiger partial charge is 0.359 e. The molecule has 1 heterocycles. The maximum atomic E-state index is 11.5. The van der Waals surface area contributed by atoms with Crippen molar-refractivity contribution in [1.29, 1.82) is 0 Å². The van der Waals surface area contributed by atoms with Crippen LogP contribution in [0.25, 0.3) is 11.3 Å². The summed E-state index contributed by atoms with van der Waals surface area (Å²) in [7, 11) is 1.65. The molecule has 1 N–H and O–H groups in total. The van der Waals surface area contributed by atoms with E-state index in [1.165, 1.54) is 0 Å². The van der Waals surface area contributed by atoms with Crippen LogP contribution in [0.2, 0.25) is 0 Å². The molecule has 0 amide bonds. The van der Waals surface area contributed by atoms with Gasteiger partial charge in [-0.3, -0.25) is 9.62 Å². The molecule has 0 spiro atoms. The summed E-state index contributed by atoms with van der Waals surface area (Å²) in [5.74, 6) is 1.00. The molecule has 6 heteroatoms. The number of amidine groups is 1. The summed E-state index contributed by atoms with van der Waals surface area (Å²) < 4.78 is 4.59. The molecule has 0 aliphatic carbocycles. The van der Waals surface area contributed by atoms with Crippen LogP contribution in [-0.4, -0.2) is 18.0 Å². The highest BCUT2D eigenvalue weighted by atomic mass is 16.8. The van der Waals surface area contributed by atoms with E-state index in [9.17, 15) is 5.21 Å². The van der Waals surface area contributed by atoms with Crippen LogP contribution >= 0.6 is 0 Å². The van der Waals surface area contributed by atoms with Crippen molar-refractivity contribution in [2.75, 3.05) is 12.4 Å². The molecule has 0 saturated heterocycles. The van der Waals surface area contributed by atoms with Crippen LogP contribution in [0.1, 0.15) is 6.92 Å². The lowest BCUT2D eigenvalue weighted by atomic mass is 10.1. The molecule has 17 heavy (non-hydrogen) atoms. The number of aromatic nitrogens is 2. The molecule has 0 saturated carbocycles. The van der Waals surface area contributed by atoms with Gasteiger partial charge in [0, 0.05) is 12.6 Å². The van der Waals surface area contributed by atoms with E-state index in [0.717, 1.165) is 5.56 Å². The third-order valence-electron chi connectivity index (χ3n) is 2.30. The Morgan fingerprint density at radius 1 is 1.41 bits per heavy atom. The second kappa shape index (κ2) is 4.65. The molecule has 0 unspecified atom stereocenters. The van der Waals surface area contributed by atoms with Crippen LogP contribution < -0.4 is 10.2 Å². The van der Waals surface area contributed by atoms with Gasteiger partial charge in [0.2, 0.25) is 0 Å². The first-order valence-electron chi connectivity index (χ1n) is 5.08. The number of rotatable bonds is 2. The Morgan fingerprint density at radius 2 is 2.12 bits per heavy atom. The molecule has 2 aromatic rings. The molecule has 0 atom stereocenters. The van der Waals surface area contributed by atoms with Crippen LogP contribution in [0.5, 0.6) is 0 Å². The highest BCUT2D eigenvalue weighted by molar-refractivity contribution is 5.94. The zero-order valence-corrected chi connectivity index (χ0v) is 9.54. The van der Waals surface area contributed by atoms with Crippen molar-refractivity contribution in [2.24, 2.45) is 4.99 Å². The third kappa shape index (κ3) is 2.25. The Hall–Kier alpha value is -2.37. The lowest BCUT2D eigenvalue weighted by Gasteiger charge is -2.00. The van der Waals surface area contributed by atoms with E-state index >= 15 is 0 Å². The molecule has 0 radical (unpaired) electrons. The zero-order chi connectivity index (χ0) is 12.3. The maximum absolute atomic E-state index is 11.5. The second-order valence-electron chi connectivity index (χ2n) is 3.43. The molecule has 88 valence electrons. The van der Waals surface area contributed by atoms with Gasteiger partial charge < -0.3 is 10.5 Å². The summed E-state index contributed by atoms with van der Waals surface area (Å²) in [5.41, 5.74) is 1.07. The van der Waals surface area contributed by atoms with Crippen LogP contribution in [0.3, 0.4) is 0 Å². The van der Waals surface area contributed by atoms with Crippen LogP contribution in [0.15, 0.2) is 40.0 Å². The van der Waals surface area contributed by atoms with E-state index in [2.05, 4.69) is 20.1 Å². The first kappa shape index (κ1) is 11.1. The van der Waals surface area contributed by atoms with Gasteiger partial charge in [-0.25, -0.2) is 0 Å². The summed E-state index contributed by atoms with van der Waals surface area (Å²) in [6.45, 7) is 1.78. The molecule has 1 aromatic heterocycles. The maximum Gasteiger partial charge on any atom is 0.320 e. The quantitative estimate of drug-likeness (QED) is 0.482. The predicted octanol–water partition coefficient (Wildman–Crippen LogP) is 1.44. The van der Waals surface area contributed by atoms with Crippen molar-refractivity contribution in [3.63, 3.8) is 0 Å². The van der Waals surface area contributed by atoms with E-state index in [0.29, 0.717) is 22.3 Å². The summed E-state index contributed by atoms with van der Waals surface area (Å²) in [4.78, 5) is 4.32. The van der Waals surface area contributed by atoms with Crippen molar-refractivity contribution < 1.29 is 9.53 Å². The monoisotopic (exact) mass is 232 g/mol. The molecule has 6 nitrogen and oxygen atoms in total. The minimum Gasteiger partial charge on any atom is -0.359 e. The number of nitrogens with one attached hydrogen (secondary N) is 1. The predicted molar refractivity (Wildman–Crippen MR) is 63.6 cm³/mol. The molecular weight excluding hydrogens is 220 g/mol. The smallest absolute Gasteiger partial charge is 0.320 e. The van der Waals surface area contributed by atoms with Gasteiger partial charge in [-0.15, -0.1) is 0 Å². The van der Waals surface area contributed by atoms with Crippen molar-refractivity contribution >= 4 is 11.7 Å². The van der Waals surface area contributed by atoms with E-state index < -0.39 is 0 Å². The van der Waals surface area contributed by atoms with Gasteiger partial charge in [-0.1, -0.05) is 30.3 Å². The van der Waals surface area contributed by atoms with E-state index in [1.807, 2.05) is 30.3 Å². The van der Waals surface area contributed by atoms with Crippen molar-refractivity contribution in [3.05, 3.63) is 35.5 Å². The van der Waals surface area contributed by atoms with Crippen LogP contribution in [0, 0.1) is 5.21 Å². The number of aliphatic imine (C=N–C) groups is 1. The number of hydrogen-bond donors (Lipinski definition) is 1. The number of anilines is 1. The minimum absolute atomic E-state index is 0.341. The molecule has 0 bridgehead atoms. The highest BCUT2D eigenvalue weighted by Gasteiger charge is 2.20. The molecular formula is C11H12N4O2. The summed E-state index contributed by atoms with van der Waals surface area (Å²) in [6.07, 6.45) is 0. The van der Waals surface area contributed by atoms with E-state index in [4.69, 9.17) is 0 Å². The van der Waals surface area contributed by atoms with Crippen LogP contribution in [-0.2, 0) is 0 Å². The van der Waals surface area contributed by atoms with Crippen LogP contribution in [0.4, 0.5) is 5.82 Å². The number of hydrogen-bond acceptors (Lipinski definition) is 4. The highest BCUT2D eigenvalue weighted by Crippen LogP contribution is 2.22. The Balaban J connectivity index is 2.43. The third-order valence-corrected chi connectivity index (χ3v) is 2.30. The Bertz CT molecular complexity index is 534. The topological polar surface area (TPSA) is 77.4 Å². The van der Waals surface area contributed by atoms with Crippen molar-refractivity contribution in [3.8, 4) is 11.3 Å². The molecule has 0 aliphatic heterocycles. The molecule has 0 aliphatic rings. The first-order valence-corrected chi connectivity index (χ1v) is 5.08. The summed E-state index contributed by atoms with van der Waals surface area (Å²) in [5, 5.41) is 18.1. The summed E-state index contributed by atoms with van der Waals surface area (Å²) in [6, 6.07) is 9.17. The fourth-order valence-corrected chi connectivity index (χ4v) is 1.40. The lowest BCUT2D eigenvalue weighted by molar-refractivity contribution is -0.793. The summed E-state index contributed by atoms with van der Waals surface area (Å²) >= 11 is 0. The number of nitrogens with zero attached hydrogens (tertiary/aromatic N) is 3. The van der Waals surface area contributed by atoms with Gasteiger partial charge in [0.15, 0.2) is 0 Å². The average Bonchev–Trinajstić information content (AvgIpc) is 2.71. The van der Waals surface area contributed by atoms with Gasteiger partial charge in [-0.2, -0.15) is 0 Å². The Morgan fingerprint density at radius 3 is 2.76 bits per heavy atom. The van der Waals surface area contributed by atoms with Crippen molar-refractivity contribution in [1.82, 2.24) is 5.16 Å². The van der Waals surface area contributed by atoms with Gasteiger partial charge in [-0.05, 0) is 11.8 Å². The average molecular weight is 232 g/mol. The molecule has 0 fully saturated rings. The Kier molecular flexibility index (Phi) is 3.04. The fraction of sp³-hybridized carbons (Fsp3) is 0.182. The first-order chi connectivity index (χ1) is 8.22. The lowest BCUT2D eigenvalue weighted by Crippen LogP contribution is -2.25. The normalized spacial score (nSPS) is 11.5. The van der Waals surface area contributed by atoms with Gasteiger partial charge >= 0.3 is 5.82 Å². The van der Waals surface area contributed by atoms with E-state index in [-0.39, 0.29) is 0 Å². The number of benzene rings is 1. The minimum atomic E-state index is 0.341. The van der Waals surface area contributed by atoms with Crippen molar-refractivity contribution in [2.45, 2.75) is 6.92 Å². The zero-order valence-electron chi connectivity index (χ0n) is 9.54. The SMILES string of the molecule is CN=C(C)Nc1no[n+]([O-])c1-c1ccccc1. The van der Waals surface area contributed by atoms with Gasteiger partial charge in [0.1, 0.15) is 5.84 Å². The molecule has 1 aromatic carbocycles.